The third kappa shape index (κ3) is 4.42. The van der Waals surface area contributed by atoms with E-state index >= 15 is 0 Å². The van der Waals surface area contributed by atoms with Crippen LogP contribution in [0.15, 0.2) is 170 Å². The molecule has 1 aliphatic heterocycles. The van der Waals surface area contributed by atoms with Crippen molar-refractivity contribution in [3.8, 4) is 73.0 Å². The molecule has 0 unspecified atom stereocenters. The van der Waals surface area contributed by atoms with Crippen molar-refractivity contribution in [2.45, 2.75) is 0 Å². The van der Waals surface area contributed by atoms with Crippen LogP contribution in [0.5, 0.6) is 0 Å². The van der Waals surface area contributed by atoms with Gasteiger partial charge in [0.15, 0.2) is 0 Å². The predicted molar refractivity (Wildman–Crippen MR) is 200 cm³/mol. The third-order valence-electron chi connectivity index (χ3n) is 9.54. The number of hydrogen-bond acceptors (Lipinski definition) is 3. The molecule has 0 atom stereocenters. The number of nitrogens with zero attached hydrogens (tertiary/aromatic N) is 4. The molecule has 0 bridgehead atoms. The van der Waals surface area contributed by atoms with Crippen molar-refractivity contribution in [1.82, 2.24) is 19.5 Å². The van der Waals surface area contributed by atoms with Gasteiger partial charge in [-0.3, -0.25) is 4.57 Å². The van der Waals surface area contributed by atoms with E-state index in [0.717, 1.165) is 72.8 Å². The Morgan fingerprint density at radius 2 is 0.816 bits per heavy atom. The first-order chi connectivity index (χ1) is 24.3. The fraction of sp³-hybridized carbons (Fsp3) is 0. The number of hydrogen-bond donors (Lipinski definition) is 0. The molecule has 0 radical (unpaired) electrons. The van der Waals surface area contributed by atoms with Crippen molar-refractivity contribution in [1.29, 1.82) is 0 Å². The van der Waals surface area contributed by atoms with E-state index in [1.165, 1.54) is 22.3 Å². The first-order valence-corrected chi connectivity index (χ1v) is 16.5. The van der Waals surface area contributed by atoms with Crippen LogP contribution in [0.3, 0.4) is 0 Å². The fourth-order valence-electron chi connectivity index (χ4n) is 7.30. The summed E-state index contributed by atoms with van der Waals surface area (Å²) in [5, 5.41) is 0. The molecule has 0 N–H and O–H groups in total. The lowest BCUT2D eigenvalue weighted by Crippen LogP contribution is -1.99. The molecule has 7 aromatic carbocycles. The van der Waals surface area contributed by atoms with Gasteiger partial charge in [-0.15, -0.1) is 0 Å². The molecule has 3 heterocycles. The molecule has 2 aromatic heterocycles. The monoisotopic (exact) mass is 624 g/mol. The third-order valence-corrected chi connectivity index (χ3v) is 9.54. The molecule has 1 aliphatic rings. The van der Waals surface area contributed by atoms with Gasteiger partial charge in [-0.1, -0.05) is 133 Å². The van der Waals surface area contributed by atoms with Gasteiger partial charge in [0.1, 0.15) is 5.82 Å². The molecule has 0 spiro atoms. The number of benzene rings is 7. The molecular weight excluding hydrogens is 597 g/mol. The van der Waals surface area contributed by atoms with Crippen LogP contribution in [0.4, 0.5) is 0 Å². The maximum Gasteiger partial charge on any atom is 0.145 e. The lowest BCUT2D eigenvalue weighted by Gasteiger charge is -2.14. The first-order valence-electron chi connectivity index (χ1n) is 16.5. The van der Waals surface area contributed by atoms with Crippen molar-refractivity contribution in [3.63, 3.8) is 0 Å². The van der Waals surface area contributed by atoms with Gasteiger partial charge in [0, 0.05) is 27.8 Å². The Kier molecular flexibility index (Phi) is 6.15. The second-order valence-electron chi connectivity index (χ2n) is 12.4. The van der Waals surface area contributed by atoms with Gasteiger partial charge in [0.05, 0.1) is 39.1 Å². The van der Waals surface area contributed by atoms with E-state index in [2.05, 4.69) is 132 Å². The average molecular weight is 625 g/mol. The minimum atomic E-state index is 0.867. The van der Waals surface area contributed by atoms with E-state index in [9.17, 15) is 0 Å². The van der Waals surface area contributed by atoms with E-state index in [4.69, 9.17) is 15.0 Å². The topological polar surface area (TPSA) is 43.6 Å². The molecule has 0 amide bonds. The van der Waals surface area contributed by atoms with Crippen molar-refractivity contribution in [2.24, 2.45) is 0 Å². The van der Waals surface area contributed by atoms with Gasteiger partial charge in [-0.2, -0.15) is 0 Å². The summed E-state index contributed by atoms with van der Waals surface area (Å²) in [7, 11) is 0. The zero-order chi connectivity index (χ0) is 32.3. The van der Waals surface area contributed by atoms with E-state index in [0.29, 0.717) is 0 Å². The highest BCUT2D eigenvalue weighted by Gasteiger charge is 2.25. The van der Waals surface area contributed by atoms with Crippen LogP contribution < -0.4 is 0 Å². The molecule has 10 rings (SSSR count). The van der Waals surface area contributed by atoms with Crippen LogP contribution in [0.2, 0.25) is 0 Å². The SMILES string of the molecule is c1ccc(-c2nc3ccccc3nc2-c2cccc(-c3cccc(-c4nc5cccc6c5n4-c4ccccc4-c4ccccc4-6)c3)c2)cc1. The lowest BCUT2D eigenvalue weighted by atomic mass is 9.94. The summed E-state index contributed by atoms with van der Waals surface area (Å²) in [5.41, 5.74) is 16.9. The Morgan fingerprint density at radius 3 is 1.57 bits per heavy atom. The maximum atomic E-state index is 5.29. The van der Waals surface area contributed by atoms with Crippen molar-refractivity contribution < 1.29 is 0 Å². The molecule has 9 aromatic rings. The summed E-state index contributed by atoms with van der Waals surface area (Å²) in [4.78, 5) is 15.5. The number of imidazole rings is 1. The summed E-state index contributed by atoms with van der Waals surface area (Å²) in [5.74, 6) is 0.924. The highest BCUT2D eigenvalue weighted by Crippen LogP contribution is 2.45. The summed E-state index contributed by atoms with van der Waals surface area (Å²) >= 11 is 0. The van der Waals surface area contributed by atoms with Crippen molar-refractivity contribution >= 4 is 22.1 Å². The van der Waals surface area contributed by atoms with Crippen LogP contribution in [0.1, 0.15) is 0 Å². The number of para-hydroxylation sites is 4. The second-order valence-corrected chi connectivity index (χ2v) is 12.4. The molecule has 0 saturated carbocycles. The standard InChI is InChI=1S/C45H28N4/c1-2-13-29(14-3-1)42-43(47-39-24-8-7-23-38(39)46-42)32-17-10-15-30(27-32)31-16-11-18-33(28-31)45-48-40-25-12-22-37-35-20-5-4-19-34(35)36-21-6-9-26-41(36)49(45)44(37)40/h1-28H. The predicted octanol–water partition coefficient (Wildman–Crippen LogP) is 11.3. The Bertz CT molecular complexity index is 2720. The quantitative estimate of drug-likeness (QED) is 0.196. The molecule has 4 nitrogen and oxygen atoms in total. The second kappa shape index (κ2) is 11.0. The van der Waals surface area contributed by atoms with Crippen molar-refractivity contribution in [3.05, 3.63) is 170 Å². The van der Waals surface area contributed by atoms with Crippen LogP contribution >= 0.6 is 0 Å². The van der Waals surface area contributed by atoms with Gasteiger partial charge in [-0.25, -0.2) is 15.0 Å². The largest absolute Gasteiger partial charge is 0.291 e. The Morgan fingerprint density at radius 1 is 0.327 bits per heavy atom. The summed E-state index contributed by atoms with van der Waals surface area (Å²) < 4.78 is 2.35. The summed E-state index contributed by atoms with van der Waals surface area (Å²) in [6.45, 7) is 0. The fourth-order valence-corrected chi connectivity index (χ4v) is 7.30. The van der Waals surface area contributed by atoms with Gasteiger partial charge in [-0.05, 0) is 58.7 Å². The molecule has 0 aliphatic carbocycles. The molecule has 228 valence electrons. The smallest absolute Gasteiger partial charge is 0.145 e. The van der Waals surface area contributed by atoms with E-state index in [1.54, 1.807) is 0 Å². The van der Waals surface area contributed by atoms with Crippen LogP contribution in [-0.2, 0) is 0 Å². The van der Waals surface area contributed by atoms with Crippen molar-refractivity contribution in [2.75, 3.05) is 0 Å². The zero-order valence-electron chi connectivity index (χ0n) is 26.5. The molecule has 4 heteroatoms. The minimum absolute atomic E-state index is 0.867. The zero-order valence-corrected chi connectivity index (χ0v) is 26.5. The molecule has 49 heavy (non-hydrogen) atoms. The van der Waals surface area contributed by atoms with Crippen LogP contribution in [-0.4, -0.2) is 19.5 Å². The van der Waals surface area contributed by atoms with Crippen LogP contribution in [0, 0.1) is 0 Å². The molecule has 0 saturated heterocycles. The molecular formula is C45H28N4. The van der Waals surface area contributed by atoms with E-state index < -0.39 is 0 Å². The maximum absolute atomic E-state index is 5.29. The average Bonchev–Trinajstić information content (AvgIpc) is 3.52. The normalized spacial score (nSPS) is 11.7. The minimum Gasteiger partial charge on any atom is -0.291 e. The number of rotatable bonds is 4. The lowest BCUT2D eigenvalue weighted by molar-refractivity contribution is 1.11. The number of fused-ring (bicyclic) bond motifs is 6. The summed E-state index contributed by atoms with van der Waals surface area (Å²) in [6, 6.07) is 59.6. The van der Waals surface area contributed by atoms with E-state index in [-0.39, 0.29) is 0 Å². The Hall–Kier alpha value is -6.65. The number of aromatic nitrogens is 4. The molecule has 0 fully saturated rings. The van der Waals surface area contributed by atoms with Gasteiger partial charge in [0.25, 0.3) is 0 Å². The van der Waals surface area contributed by atoms with E-state index in [1.807, 2.05) is 42.5 Å². The summed E-state index contributed by atoms with van der Waals surface area (Å²) in [6.07, 6.45) is 0. The van der Waals surface area contributed by atoms with Crippen LogP contribution in [0.25, 0.3) is 95.0 Å². The Labute approximate surface area is 283 Å². The highest BCUT2D eigenvalue weighted by molar-refractivity contribution is 6.03. The van der Waals surface area contributed by atoms with Gasteiger partial charge >= 0.3 is 0 Å². The highest BCUT2D eigenvalue weighted by atomic mass is 15.1. The Balaban J connectivity index is 1.14. The first kappa shape index (κ1) is 27.5. The van der Waals surface area contributed by atoms with Gasteiger partial charge < -0.3 is 0 Å². The van der Waals surface area contributed by atoms with Gasteiger partial charge in [0.2, 0.25) is 0 Å².